The van der Waals surface area contributed by atoms with Gasteiger partial charge in [-0.2, -0.15) is 0 Å². The van der Waals surface area contributed by atoms with Crippen LogP contribution in [0, 0.1) is 29.1 Å². The molecule has 3 fully saturated rings. The first-order valence-corrected chi connectivity index (χ1v) is 6.88. The van der Waals surface area contributed by atoms with Crippen molar-refractivity contribution in [2.24, 2.45) is 29.1 Å². The van der Waals surface area contributed by atoms with E-state index < -0.39 is 6.29 Å². The SMILES string of the molecule is CCCC1C2CC3C1OC(O)C3C(C)(C)C2. The molecule has 1 aliphatic heterocycles. The van der Waals surface area contributed by atoms with Crippen molar-refractivity contribution >= 4 is 0 Å². The van der Waals surface area contributed by atoms with Gasteiger partial charge in [-0.25, -0.2) is 0 Å². The number of hydrogen-bond donors (Lipinski definition) is 1. The van der Waals surface area contributed by atoms with Crippen molar-refractivity contribution in [3.05, 3.63) is 0 Å². The number of aliphatic hydroxyl groups excluding tert-OH is 1. The van der Waals surface area contributed by atoms with E-state index in [1.165, 1.54) is 25.7 Å². The summed E-state index contributed by atoms with van der Waals surface area (Å²) in [4.78, 5) is 0. The Kier molecular flexibility index (Phi) is 2.38. The lowest BCUT2D eigenvalue weighted by atomic mass is 9.63. The van der Waals surface area contributed by atoms with Gasteiger partial charge in [0.25, 0.3) is 0 Å². The van der Waals surface area contributed by atoms with Crippen molar-refractivity contribution in [3.8, 4) is 0 Å². The van der Waals surface area contributed by atoms with Gasteiger partial charge in [-0.1, -0.05) is 27.2 Å². The summed E-state index contributed by atoms with van der Waals surface area (Å²) in [7, 11) is 0. The molecule has 3 rings (SSSR count). The highest BCUT2D eigenvalue weighted by molar-refractivity contribution is 5.08. The number of ether oxygens (including phenoxy) is 1. The lowest BCUT2D eigenvalue weighted by Gasteiger charge is -2.42. The van der Waals surface area contributed by atoms with E-state index in [0.717, 1.165) is 11.8 Å². The van der Waals surface area contributed by atoms with Crippen molar-refractivity contribution in [2.75, 3.05) is 0 Å². The fourth-order valence-corrected chi connectivity index (χ4v) is 5.00. The maximum absolute atomic E-state index is 10.1. The van der Waals surface area contributed by atoms with Gasteiger partial charge in [0, 0.05) is 5.92 Å². The van der Waals surface area contributed by atoms with Crippen molar-refractivity contribution < 1.29 is 9.84 Å². The Morgan fingerprint density at radius 1 is 1.38 bits per heavy atom. The Hall–Kier alpha value is -0.0800. The molecule has 2 aliphatic carbocycles. The van der Waals surface area contributed by atoms with Crippen molar-refractivity contribution in [1.29, 1.82) is 0 Å². The van der Waals surface area contributed by atoms with E-state index in [4.69, 9.17) is 4.74 Å². The van der Waals surface area contributed by atoms with E-state index in [9.17, 15) is 5.11 Å². The van der Waals surface area contributed by atoms with Gasteiger partial charge in [-0.15, -0.1) is 0 Å². The van der Waals surface area contributed by atoms with Gasteiger partial charge in [-0.05, 0) is 42.4 Å². The Morgan fingerprint density at radius 3 is 2.81 bits per heavy atom. The predicted octanol–water partition coefficient (Wildman–Crippen LogP) is 2.80. The van der Waals surface area contributed by atoms with Gasteiger partial charge in [-0.3, -0.25) is 0 Å². The first-order chi connectivity index (χ1) is 7.54. The van der Waals surface area contributed by atoms with E-state index in [-0.39, 0.29) is 5.41 Å². The van der Waals surface area contributed by atoms with Crippen LogP contribution < -0.4 is 0 Å². The first kappa shape index (κ1) is 11.0. The summed E-state index contributed by atoms with van der Waals surface area (Å²) in [6.07, 6.45) is 4.99. The molecule has 92 valence electrons. The molecule has 0 radical (unpaired) electrons. The Balaban J connectivity index is 1.92. The third-order valence-corrected chi connectivity index (χ3v) is 5.40. The molecule has 2 nitrogen and oxygen atoms in total. The monoisotopic (exact) mass is 224 g/mol. The van der Waals surface area contributed by atoms with Gasteiger partial charge < -0.3 is 9.84 Å². The second-order valence-electron chi connectivity index (χ2n) is 6.82. The fraction of sp³-hybridized carbons (Fsp3) is 1.00. The van der Waals surface area contributed by atoms with E-state index in [1.807, 2.05) is 0 Å². The molecule has 2 saturated carbocycles. The normalized spacial score (nSPS) is 53.2. The summed E-state index contributed by atoms with van der Waals surface area (Å²) in [5, 5.41) is 10.1. The van der Waals surface area contributed by atoms with Crippen molar-refractivity contribution in [2.45, 2.75) is 58.8 Å². The number of fused-ring (bicyclic) bond motifs is 1. The minimum atomic E-state index is -0.495. The van der Waals surface area contributed by atoms with Gasteiger partial charge in [0.15, 0.2) is 6.29 Å². The second-order valence-corrected chi connectivity index (χ2v) is 6.82. The Morgan fingerprint density at radius 2 is 2.12 bits per heavy atom. The summed E-state index contributed by atoms with van der Waals surface area (Å²) in [6, 6.07) is 0. The summed E-state index contributed by atoms with van der Waals surface area (Å²) in [5.41, 5.74) is 0.268. The van der Waals surface area contributed by atoms with Crippen LogP contribution in [0.2, 0.25) is 0 Å². The second kappa shape index (κ2) is 3.46. The van der Waals surface area contributed by atoms with Crippen LogP contribution in [0.1, 0.15) is 46.5 Å². The standard InChI is InChI=1S/C14H24O2/c1-4-5-9-8-6-10-11(14(2,3)7-8)13(15)16-12(9)10/h8-13,15H,4-7H2,1-3H3. The van der Waals surface area contributed by atoms with Gasteiger partial charge in [0.2, 0.25) is 0 Å². The number of hydrogen-bond acceptors (Lipinski definition) is 2. The quantitative estimate of drug-likeness (QED) is 0.781. The molecular formula is C14H24O2. The lowest BCUT2D eigenvalue weighted by molar-refractivity contribution is -0.155. The molecule has 0 spiro atoms. The number of aliphatic hydroxyl groups is 1. The van der Waals surface area contributed by atoms with Gasteiger partial charge in [0.1, 0.15) is 0 Å². The molecule has 0 aromatic carbocycles. The van der Waals surface area contributed by atoms with Crippen LogP contribution in [0.5, 0.6) is 0 Å². The zero-order valence-electron chi connectivity index (χ0n) is 10.6. The van der Waals surface area contributed by atoms with Gasteiger partial charge >= 0.3 is 0 Å². The molecule has 6 atom stereocenters. The molecular weight excluding hydrogens is 200 g/mol. The van der Waals surface area contributed by atoms with Crippen LogP contribution in [0.25, 0.3) is 0 Å². The highest BCUT2D eigenvalue weighted by atomic mass is 16.6. The maximum Gasteiger partial charge on any atom is 0.158 e. The molecule has 1 heterocycles. The third-order valence-electron chi connectivity index (χ3n) is 5.40. The summed E-state index contributed by atoms with van der Waals surface area (Å²) in [6.45, 7) is 6.90. The van der Waals surface area contributed by atoms with E-state index in [2.05, 4.69) is 20.8 Å². The molecule has 6 unspecified atom stereocenters. The summed E-state index contributed by atoms with van der Waals surface area (Å²) in [5.74, 6) is 2.60. The Bertz CT molecular complexity index is 286. The van der Waals surface area contributed by atoms with Crippen molar-refractivity contribution in [1.82, 2.24) is 0 Å². The first-order valence-electron chi connectivity index (χ1n) is 6.88. The van der Waals surface area contributed by atoms with E-state index in [1.54, 1.807) is 0 Å². The molecule has 16 heavy (non-hydrogen) atoms. The zero-order chi connectivity index (χ0) is 11.5. The largest absolute Gasteiger partial charge is 0.368 e. The molecule has 0 amide bonds. The van der Waals surface area contributed by atoms with Crippen LogP contribution in [-0.2, 0) is 4.74 Å². The smallest absolute Gasteiger partial charge is 0.158 e. The highest BCUT2D eigenvalue weighted by Crippen LogP contribution is 2.62. The molecule has 2 heteroatoms. The minimum absolute atomic E-state index is 0.268. The third kappa shape index (κ3) is 1.32. The fourth-order valence-electron chi connectivity index (χ4n) is 5.00. The summed E-state index contributed by atoms with van der Waals surface area (Å²) >= 11 is 0. The lowest BCUT2D eigenvalue weighted by Crippen LogP contribution is -2.40. The van der Waals surface area contributed by atoms with Crippen LogP contribution in [0.3, 0.4) is 0 Å². The molecule has 3 aliphatic rings. The van der Waals surface area contributed by atoms with Crippen LogP contribution in [-0.4, -0.2) is 17.5 Å². The maximum atomic E-state index is 10.1. The highest BCUT2D eigenvalue weighted by Gasteiger charge is 2.62. The molecule has 2 bridgehead atoms. The Labute approximate surface area is 98.4 Å². The average Bonchev–Trinajstić information content (AvgIpc) is 2.62. The molecule has 1 N–H and O–H groups in total. The average molecular weight is 224 g/mol. The number of rotatable bonds is 2. The van der Waals surface area contributed by atoms with E-state index >= 15 is 0 Å². The van der Waals surface area contributed by atoms with Crippen LogP contribution in [0.4, 0.5) is 0 Å². The van der Waals surface area contributed by atoms with Crippen LogP contribution in [0.15, 0.2) is 0 Å². The molecule has 0 aromatic rings. The minimum Gasteiger partial charge on any atom is -0.368 e. The van der Waals surface area contributed by atoms with Gasteiger partial charge in [0.05, 0.1) is 6.10 Å². The topological polar surface area (TPSA) is 29.5 Å². The zero-order valence-corrected chi connectivity index (χ0v) is 10.6. The van der Waals surface area contributed by atoms with E-state index in [0.29, 0.717) is 17.9 Å². The van der Waals surface area contributed by atoms with Crippen LogP contribution >= 0.6 is 0 Å². The molecule has 0 aromatic heterocycles. The molecule has 1 saturated heterocycles. The predicted molar refractivity (Wildman–Crippen MR) is 62.8 cm³/mol. The summed E-state index contributed by atoms with van der Waals surface area (Å²) < 4.78 is 5.88. The van der Waals surface area contributed by atoms with Crippen molar-refractivity contribution in [3.63, 3.8) is 0 Å².